The molecule has 1 N–H and O–H groups in total. The fourth-order valence-electron chi connectivity index (χ4n) is 2.03. The molecule has 0 unspecified atom stereocenters. The number of hydrogen-bond donors (Lipinski definition) is 1. The summed E-state index contributed by atoms with van der Waals surface area (Å²) in [5, 5.41) is 2.22. The molecule has 0 aliphatic heterocycles. The maximum atomic E-state index is 10.4. The highest BCUT2D eigenvalue weighted by molar-refractivity contribution is 6.62. The lowest BCUT2D eigenvalue weighted by Gasteiger charge is -2.12. The average Bonchev–Trinajstić information content (AvgIpc) is 2.32. The number of amides is 1. The molecule has 0 aromatic carbocycles. The van der Waals surface area contributed by atoms with E-state index >= 15 is 0 Å². The quantitative estimate of drug-likeness (QED) is 0.426. The highest BCUT2D eigenvalue weighted by Crippen LogP contribution is 2.24. The molecule has 76 valence electrons. The van der Waals surface area contributed by atoms with Gasteiger partial charge in [-0.05, 0) is 23.9 Å². The minimum Gasteiger partial charge on any atom is -0.343 e. The van der Waals surface area contributed by atoms with Gasteiger partial charge in [0.15, 0.2) is 0 Å². The lowest BCUT2D eigenvalue weighted by molar-refractivity contribution is 0.258. The van der Waals surface area contributed by atoms with Gasteiger partial charge in [-0.25, -0.2) is 0 Å². The zero-order chi connectivity index (χ0) is 9.52. The van der Waals surface area contributed by atoms with E-state index in [1.165, 1.54) is 38.5 Å². The summed E-state index contributed by atoms with van der Waals surface area (Å²) in [5.74, 6) is 0.811. The van der Waals surface area contributed by atoms with Crippen molar-refractivity contribution in [1.82, 2.24) is 5.32 Å². The molecule has 0 aromatic rings. The molecule has 0 heterocycles. The molecule has 0 atom stereocenters. The molecule has 1 saturated carbocycles. The Morgan fingerprint density at radius 1 is 1.23 bits per heavy atom. The van der Waals surface area contributed by atoms with Gasteiger partial charge in [0, 0.05) is 6.54 Å². The van der Waals surface area contributed by atoms with E-state index in [1.54, 1.807) is 0 Å². The van der Waals surface area contributed by atoms with Crippen molar-refractivity contribution in [2.45, 2.75) is 44.9 Å². The third-order valence-electron chi connectivity index (χ3n) is 2.79. The van der Waals surface area contributed by atoms with Crippen LogP contribution in [0.4, 0.5) is 4.79 Å². The van der Waals surface area contributed by atoms with Crippen LogP contribution in [-0.4, -0.2) is 11.9 Å². The number of rotatable bonds is 3. The molecule has 0 aromatic heterocycles. The minimum atomic E-state index is -0.423. The van der Waals surface area contributed by atoms with Gasteiger partial charge in [-0.3, -0.25) is 4.79 Å². The third-order valence-corrected chi connectivity index (χ3v) is 2.92. The summed E-state index contributed by atoms with van der Waals surface area (Å²) in [6.07, 6.45) is 9.25. The number of nitrogens with one attached hydrogen (secondary N) is 1. The van der Waals surface area contributed by atoms with Gasteiger partial charge in [0.2, 0.25) is 0 Å². The van der Waals surface area contributed by atoms with Crippen molar-refractivity contribution < 1.29 is 4.79 Å². The molecule has 0 radical (unpaired) electrons. The Balaban J connectivity index is 2.08. The predicted molar refractivity (Wildman–Crippen MR) is 55.1 cm³/mol. The molecule has 0 saturated heterocycles. The lowest BCUT2D eigenvalue weighted by atomic mass is 9.97. The van der Waals surface area contributed by atoms with Crippen molar-refractivity contribution in [3.05, 3.63) is 0 Å². The van der Waals surface area contributed by atoms with Gasteiger partial charge >= 0.3 is 5.37 Å². The number of carbonyl (C=O) groups is 1. The summed E-state index contributed by atoms with van der Waals surface area (Å²) in [5.41, 5.74) is 0. The van der Waals surface area contributed by atoms with E-state index in [4.69, 9.17) is 11.6 Å². The van der Waals surface area contributed by atoms with Crippen molar-refractivity contribution in [2.24, 2.45) is 5.92 Å². The van der Waals surface area contributed by atoms with Crippen LogP contribution in [0.5, 0.6) is 0 Å². The molecule has 1 rings (SSSR count). The van der Waals surface area contributed by atoms with Crippen LogP contribution in [0.1, 0.15) is 44.9 Å². The second-order valence-corrected chi connectivity index (χ2v) is 4.19. The molecular weight excluding hydrogens is 186 g/mol. The molecule has 2 nitrogen and oxygen atoms in total. The molecule has 0 spiro atoms. The fraction of sp³-hybridized carbons (Fsp3) is 0.900. The van der Waals surface area contributed by atoms with Crippen LogP contribution in [0.2, 0.25) is 0 Å². The van der Waals surface area contributed by atoms with E-state index < -0.39 is 5.37 Å². The summed E-state index contributed by atoms with van der Waals surface area (Å²) >= 11 is 5.18. The van der Waals surface area contributed by atoms with Crippen LogP contribution in [0, 0.1) is 5.92 Å². The van der Waals surface area contributed by atoms with Gasteiger partial charge in [0.25, 0.3) is 0 Å². The van der Waals surface area contributed by atoms with Gasteiger partial charge < -0.3 is 5.32 Å². The molecule has 1 fully saturated rings. The number of halogens is 1. The Morgan fingerprint density at radius 3 is 2.38 bits per heavy atom. The molecular formula is C10H18ClNO. The van der Waals surface area contributed by atoms with E-state index in [-0.39, 0.29) is 0 Å². The second kappa shape index (κ2) is 6.25. The van der Waals surface area contributed by atoms with Gasteiger partial charge in [-0.1, -0.05) is 38.5 Å². The zero-order valence-electron chi connectivity index (χ0n) is 8.02. The molecule has 3 heteroatoms. The topological polar surface area (TPSA) is 29.1 Å². The summed E-state index contributed by atoms with van der Waals surface area (Å²) in [6, 6.07) is 0. The van der Waals surface area contributed by atoms with E-state index in [0.717, 1.165) is 18.9 Å². The van der Waals surface area contributed by atoms with Crippen LogP contribution in [0.3, 0.4) is 0 Å². The first-order chi connectivity index (χ1) is 6.29. The first-order valence-corrected chi connectivity index (χ1v) is 5.60. The smallest absolute Gasteiger partial charge is 0.313 e. The van der Waals surface area contributed by atoms with Crippen LogP contribution >= 0.6 is 11.6 Å². The van der Waals surface area contributed by atoms with Gasteiger partial charge in [0.05, 0.1) is 0 Å². The predicted octanol–water partition coefficient (Wildman–Crippen LogP) is 3.30. The third kappa shape index (κ3) is 5.14. The Hall–Kier alpha value is -0.240. The SMILES string of the molecule is O=C(Cl)NCCC1CCCCCC1. The number of carbonyl (C=O) groups excluding carboxylic acids is 1. The van der Waals surface area contributed by atoms with Crippen LogP contribution in [0.25, 0.3) is 0 Å². The standard InChI is InChI=1S/C10H18ClNO/c11-10(13)12-8-7-9-5-3-1-2-4-6-9/h9H,1-8H2,(H,12,13). The summed E-state index contributed by atoms with van der Waals surface area (Å²) in [7, 11) is 0. The van der Waals surface area contributed by atoms with Crippen LogP contribution in [0.15, 0.2) is 0 Å². The average molecular weight is 204 g/mol. The first kappa shape index (κ1) is 10.8. The molecule has 13 heavy (non-hydrogen) atoms. The minimum absolute atomic E-state index is 0.423. The van der Waals surface area contributed by atoms with Crippen molar-refractivity contribution >= 4 is 17.0 Å². The molecule has 1 aliphatic carbocycles. The van der Waals surface area contributed by atoms with Crippen molar-refractivity contribution in [3.63, 3.8) is 0 Å². The highest BCUT2D eigenvalue weighted by Gasteiger charge is 2.11. The molecule has 1 aliphatic rings. The Kier molecular flexibility index (Phi) is 5.21. The maximum absolute atomic E-state index is 10.4. The first-order valence-electron chi connectivity index (χ1n) is 5.22. The zero-order valence-corrected chi connectivity index (χ0v) is 8.78. The summed E-state index contributed by atoms with van der Waals surface area (Å²) < 4.78 is 0. The highest BCUT2D eigenvalue weighted by atomic mass is 35.5. The van der Waals surface area contributed by atoms with Crippen molar-refractivity contribution in [3.8, 4) is 0 Å². The Labute approximate surface area is 85.0 Å². The van der Waals surface area contributed by atoms with E-state index in [0.29, 0.717) is 0 Å². The van der Waals surface area contributed by atoms with Gasteiger partial charge in [-0.2, -0.15) is 0 Å². The van der Waals surface area contributed by atoms with E-state index in [1.807, 2.05) is 0 Å². The summed E-state index contributed by atoms with van der Waals surface area (Å²) in [4.78, 5) is 10.4. The maximum Gasteiger partial charge on any atom is 0.313 e. The van der Waals surface area contributed by atoms with E-state index in [9.17, 15) is 4.79 Å². The monoisotopic (exact) mass is 203 g/mol. The van der Waals surface area contributed by atoms with Gasteiger partial charge in [0.1, 0.15) is 0 Å². The van der Waals surface area contributed by atoms with E-state index in [2.05, 4.69) is 5.32 Å². The van der Waals surface area contributed by atoms with Crippen LogP contribution in [-0.2, 0) is 0 Å². The summed E-state index contributed by atoms with van der Waals surface area (Å²) in [6.45, 7) is 0.743. The van der Waals surface area contributed by atoms with Gasteiger partial charge in [-0.15, -0.1) is 0 Å². The Bertz CT molecular complexity index is 153. The second-order valence-electron chi connectivity index (χ2n) is 3.85. The lowest BCUT2D eigenvalue weighted by Crippen LogP contribution is -2.20. The number of hydrogen-bond acceptors (Lipinski definition) is 1. The molecule has 0 bridgehead atoms. The Morgan fingerprint density at radius 2 is 1.85 bits per heavy atom. The largest absolute Gasteiger partial charge is 0.343 e. The fourth-order valence-corrected chi connectivity index (χ4v) is 2.12. The molecule has 1 amide bonds. The van der Waals surface area contributed by atoms with Crippen LogP contribution < -0.4 is 5.32 Å². The van der Waals surface area contributed by atoms with Crippen molar-refractivity contribution in [1.29, 1.82) is 0 Å². The van der Waals surface area contributed by atoms with Crippen molar-refractivity contribution in [2.75, 3.05) is 6.54 Å². The normalized spacial score (nSPS) is 19.5.